The third-order valence-corrected chi connectivity index (χ3v) is 4.06. The van der Waals surface area contributed by atoms with Crippen molar-refractivity contribution < 1.29 is 0 Å². The van der Waals surface area contributed by atoms with Crippen molar-refractivity contribution in [1.29, 1.82) is 0 Å². The Labute approximate surface area is 121 Å². The molecule has 2 aromatic rings. The molecule has 2 nitrogen and oxygen atoms in total. The summed E-state index contributed by atoms with van der Waals surface area (Å²) in [6.07, 6.45) is 4.78. The van der Waals surface area contributed by atoms with Crippen LogP contribution in [0.2, 0.25) is 0 Å². The van der Waals surface area contributed by atoms with E-state index >= 15 is 0 Å². The van der Waals surface area contributed by atoms with Gasteiger partial charge in [-0.3, -0.25) is 0 Å². The first-order chi connectivity index (χ1) is 9.83. The van der Waals surface area contributed by atoms with Gasteiger partial charge in [0.25, 0.3) is 0 Å². The van der Waals surface area contributed by atoms with E-state index in [9.17, 15) is 0 Å². The third kappa shape index (κ3) is 2.96. The van der Waals surface area contributed by atoms with Crippen LogP contribution in [0.1, 0.15) is 24.0 Å². The maximum absolute atomic E-state index is 5.94. The third-order valence-electron chi connectivity index (χ3n) is 4.06. The Kier molecular flexibility index (Phi) is 3.91. The summed E-state index contributed by atoms with van der Waals surface area (Å²) >= 11 is 0. The van der Waals surface area contributed by atoms with Gasteiger partial charge in [-0.25, -0.2) is 0 Å². The summed E-state index contributed by atoms with van der Waals surface area (Å²) in [5, 5.41) is 0. The molecule has 0 amide bonds. The molecule has 0 bridgehead atoms. The molecule has 0 saturated heterocycles. The van der Waals surface area contributed by atoms with Crippen LogP contribution in [0.3, 0.4) is 0 Å². The van der Waals surface area contributed by atoms with Gasteiger partial charge in [-0.05, 0) is 48.9 Å². The molecule has 0 saturated carbocycles. The summed E-state index contributed by atoms with van der Waals surface area (Å²) in [6.45, 7) is 2.27. The largest absolute Gasteiger partial charge is 0.399 e. The van der Waals surface area contributed by atoms with Crippen molar-refractivity contribution in [3.8, 4) is 0 Å². The number of aryl methyl sites for hydroxylation is 2. The molecule has 3 rings (SSSR count). The summed E-state index contributed by atoms with van der Waals surface area (Å²) in [6, 6.07) is 17.1. The van der Waals surface area contributed by atoms with E-state index in [-0.39, 0.29) is 0 Å². The Morgan fingerprint density at radius 1 is 1.05 bits per heavy atom. The molecule has 2 heteroatoms. The molecule has 0 aliphatic carbocycles. The minimum absolute atomic E-state index is 0.874. The Morgan fingerprint density at radius 3 is 2.75 bits per heavy atom. The van der Waals surface area contributed by atoms with Gasteiger partial charge in [-0.1, -0.05) is 36.4 Å². The smallest absolute Gasteiger partial charge is 0.0419 e. The minimum atomic E-state index is 0.874. The number of nitrogens with zero attached hydrogens (tertiary/aromatic N) is 1. The lowest BCUT2D eigenvalue weighted by atomic mass is 10.0. The molecule has 0 aromatic heterocycles. The quantitative estimate of drug-likeness (QED) is 0.856. The highest BCUT2D eigenvalue weighted by atomic mass is 15.1. The number of anilines is 2. The lowest BCUT2D eigenvalue weighted by Crippen LogP contribution is -2.30. The van der Waals surface area contributed by atoms with Crippen LogP contribution >= 0.6 is 0 Å². The van der Waals surface area contributed by atoms with Crippen molar-refractivity contribution in [3.05, 3.63) is 59.7 Å². The first kappa shape index (κ1) is 13.0. The van der Waals surface area contributed by atoms with Gasteiger partial charge in [0, 0.05) is 24.5 Å². The van der Waals surface area contributed by atoms with Gasteiger partial charge in [0.2, 0.25) is 0 Å². The predicted molar refractivity (Wildman–Crippen MR) is 86.2 cm³/mol. The SMILES string of the molecule is Nc1ccc2c(c1)N(CCCc1ccccc1)CCC2. The van der Waals surface area contributed by atoms with Crippen LogP contribution in [0.15, 0.2) is 48.5 Å². The van der Waals surface area contributed by atoms with Crippen LogP contribution in [0.5, 0.6) is 0 Å². The number of hydrogen-bond acceptors (Lipinski definition) is 2. The number of hydrogen-bond donors (Lipinski definition) is 1. The zero-order chi connectivity index (χ0) is 13.8. The van der Waals surface area contributed by atoms with Crippen LogP contribution in [-0.4, -0.2) is 13.1 Å². The van der Waals surface area contributed by atoms with E-state index in [1.807, 2.05) is 6.07 Å². The van der Waals surface area contributed by atoms with Gasteiger partial charge in [-0.15, -0.1) is 0 Å². The zero-order valence-electron chi connectivity index (χ0n) is 11.9. The molecule has 0 fully saturated rings. The van der Waals surface area contributed by atoms with Crippen LogP contribution in [0.4, 0.5) is 11.4 Å². The van der Waals surface area contributed by atoms with E-state index in [0.29, 0.717) is 0 Å². The van der Waals surface area contributed by atoms with E-state index in [4.69, 9.17) is 5.73 Å². The van der Waals surface area contributed by atoms with Gasteiger partial charge in [-0.2, -0.15) is 0 Å². The van der Waals surface area contributed by atoms with E-state index in [1.54, 1.807) is 0 Å². The normalized spacial score (nSPS) is 14.1. The number of rotatable bonds is 4. The second-order valence-electron chi connectivity index (χ2n) is 5.57. The van der Waals surface area contributed by atoms with Crippen molar-refractivity contribution in [2.45, 2.75) is 25.7 Å². The molecular formula is C18H22N2. The Bertz CT molecular complexity index is 563. The van der Waals surface area contributed by atoms with Gasteiger partial charge in [0.15, 0.2) is 0 Å². The maximum Gasteiger partial charge on any atom is 0.0419 e. The van der Waals surface area contributed by atoms with Crippen LogP contribution in [0.25, 0.3) is 0 Å². The van der Waals surface area contributed by atoms with Crippen molar-refractivity contribution in [2.24, 2.45) is 0 Å². The maximum atomic E-state index is 5.94. The fourth-order valence-corrected chi connectivity index (χ4v) is 3.02. The van der Waals surface area contributed by atoms with Gasteiger partial charge in [0.05, 0.1) is 0 Å². The van der Waals surface area contributed by atoms with Crippen LogP contribution in [0, 0.1) is 0 Å². The van der Waals surface area contributed by atoms with Crippen molar-refractivity contribution >= 4 is 11.4 Å². The molecule has 0 atom stereocenters. The molecular weight excluding hydrogens is 244 g/mol. The summed E-state index contributed by atoms with van der Waals surface area (Å²) in [7, 11) is 0. The second-order valence-corrected chi connectivity index (χ2v) is 5.57. The Hall–Kier alpha value is -1.96. The molecule has 1 aliphatic heterocycles. The van der Waals surface area contributed by atoms with Gasteiger partial charge < -0.3 is 10.6 Å². The van der Waals surface area contributed by atoms with E-state index in [1.165, 1.54) is 36.1 Å². The van der Waals surface area contributed by atoms with Crippen molar-refractivity contribution in [1.82, 2.24) is 0 Å². The van der Waals surface area contributed by atoms with Gasteiger partial charge in [0.1, 0.15) is 0 Å². The molecule has 1 heterocycles. The van der Waals surface area contributed by atoms with Crippen molar-refractivity contribution in [3.63, 3.8) is 0 Å². The molecule has 2 aromatic carbocycles. The summed E-state index contributed by atoms with van der Waals surface area (Å²) < 4.78 is 0. The van der Waals surface area contributed by atoms with E-state index in [2.05, 4.69) is 47.4 Å². The fraction of sp³-hybridized carbons (Fsp3) is 0.333. The molecule has 104 valence electrons. The summed E-state index contributed by atoms with van der Waals surface area (Å²) in [4.78, 5) is 2.50. The lowest BCUT2D eigenvalue weighted by molar-refractivity contribution is 0.665. The lowest BCUT2D eigenvalue weighted by Gasteiger charge is -2.31. The van der Waals surface area contributed by atoms with E-state index < -0.39 is 0 Å². The highest BCUT2D eigenvalue weighted by Gasteiger charge is 2.16. The van der Waals surface area contributed by atoms with Crippen molar-refractivity contribution in [2.75, 3.05) is 23.7 Å². The predicted octanol–water partition coefficient (Wildman–Crippen LogP) is 3.65. The summed E-state index contributed by atoms with van der Waals surface area (Å²) in [5.74, 6) is 0. The number of fused-ring (bicyclic) bond motifs is 1. The molecule has 1 aliphatic rings. The number of nitrogens with two attached hydrogens (primary N) is 1. The average Bonchev–Trinajstić information content (AvgIpc) is 2.49. The average molecular weight is 266 g/mol. The number of benzene rings is 2. The molecule has 0 unspecified atom stereocenters. The zero-order valence-corrected chi connectivity index (χ0v) is 11.9. The topological polar surface area (TPSA) is 29.3 Å². The second kappa shape index (κ2) is 6.00. The fourth-order valence-electron chi connectivity index (χ4n) is 3.02. The standard InChI is InChI=1S/C18H22N2/c19-17-11-10-16-9-5-13-20(18(16)14-17)12-4-8-15-6-2-1-3-7-15/h1-3,6-7,10-11,14H,4-5,8-9,12-13,19H2. The van der Waals surface area contributed by atoms with E-state index in [0.717, 1.165) is 25.2 Å². The Morgan fingerprint density at radius 2 is 1.90 bits per heavy atom. The van der Waals surface area contributed by atoms with Crippen LogP contribution < -0.4 is 10.6 Å². The minimum Gasteiger partial charge on any atom is -0.399 e. The highest BCUT2D eigenvalue weighted by Crippen LogP contribution is 2.29. The molecule has 0 spiro atoms. The number of nitrogen functional groups attached to an aromatic ring is 1. The first-order valence-electron chi connectivity index (χ1n) is 7.50. The molecule has 2 N–H and O–H groups in total. The van der Waals surface area contributed by atoms with Crippen LogP contribution in [-0.2, 0) is 12.8 Å². The summed E-state index contributed by atoms with van der Waals surface area (Å²) in [5.41, 5.74) is 11.0. The molecule has 0 radical (unpaired) electrons. The molecule has 20 heavy (non-hydrogen) atoms. The monoisotopic (exact) mass is 266 g/mol. The highest BCUT2D eigenvalue weighted by molar-refractivity contribution is 5.62. The van der Waals surface area contributed by atoms with Gasteiger partial charge >= 0.3 is 0 Å². The first-order valence-corrected chi connectivity index (χ1v) is 7.50. The Balaban J connectivity index is 1.63.